The van der Waals surface area contributed by atoms with Crippen molar-refractivity contribution < 1.29 is 4.79 Å². The smallest absolute Gasteiger partial charge is 0.225 e. The van der Waals surface area contributed by atoms with Crippen molar-refractivity contribution in [3.05, 3.63) is 23.9 Å². The Morgan fingerprint density at radius 3 is 3.05 bits per heavy atom. The van der Waals surface area contributed by atoms with E-state index in [1.807, 2.05) is 32.0 Å². The maximum Gasteiger partial charge on any atom is 0.225 e. The van der Waals surface area contributed by atoms with Gasteiger partial charge in [0.15, 0.2) is 0 Å². The van der Waals surface area contributed by atoms with Gasteiger partial charge in [-0.15, -0.1) is 0 Å². The first kappa shape index (κ1) is 14.8. The number of hydrogen-bond donors (Lipinski definition) is 1. The van der Waals surface area contributed by atoms with E-state index in [-0.39, 0.29) is 5.92 Å². The molecule has 2 rings (SSSR count). The third-order valence-electron chi connectivity index (χ3n) is 4.10. The van der Waals surface area contributed by atoms with Crippen LogP contribution in [0.5, 0.6) is 0 Å². The fraction of sp³-hybridized carbons (Fsp3) is 0.625. The molecular formula is C16H25N3O. The minimum Gasteiger partial charge on any atom is -0.368 e. The minimum atomic E-state index is 0.132. The Morgan fingerprint density at radius 2 is 2.35 bits per heavy atom. The lowest BCUT2D eigenvalue weighted by Gasteiger charge is -2.27. The van der Waals surface area contributed by atoms with Crippen LogP contribution in [0.25, 0.3) is 0 Å². The quantitative estimate of drug-likeness (QED) is 0.898. The first-order valence-corrected chi connectivity index (χ1v) is 7.59. The monoisotopic (exact) mass is 275 g/mol. The summed E-state index contributed by atoms with van der Waals surface area (Å²) in [7, 11) is 0. The topological polar surface area (TPSA) is 45.2 Å². The van der Waals surface area contributed by atoms with Gasteiger partial charge in [0.25, 0.3) is 0 Å². The standard InChI is InChI=1S/C16H25N3O/c1-4-12(2)16(20)19-10-6-8-14(19)11-17-15-9-5-7-13(3)18-15/h5,7,9,12,14H,4,6,8,10-11H2,1-3H3,(H,17,18)/t12-,14+/m0/s1. The van der Waals surface area contributed by atoms with Crippen molar-refractivity contribution in [2.45, 2.75) is 46.1 Å². The zero-order valence-electron chi connectivity index (χ0n) is 12.7. The van der Waals surface area contributed by atoms with Crippen LogP contribution in [0, 0.1) is 12.8 Å². The third kappa shape index (κ3) is 3.50. The van der Waals surface area contributed by atoms with Crippen LogP contribution in [-0.4, -0.2) is 34.9 Å². The second kappa shape index (κ2) is 6.73. The van der Waals surface area contributed by atoms with Crippen molar-refractivity contribution in [2.24, 2.45) is 5.92 Å². The fourth-order valence-corrected chi connectivity index (χ4v) is 2.66. The van der Waals surface area contributed by atoms with Crippen LogP contribution in [0.1, 0.15) is 38.8 Å². The maximum absolute atomic E-state index is 12.3. The van der Waals surface area contributed by atoms with E-state index in [0.29, 0.717) is 11.9 Å². The Hall–Kier alpha value is -1.58. The second-order valence-electron chi connectivity index (χ2n) is 5.68. The molecule has 0 aliphatic carbocycles. The Kier molecular flexibility index (Phi) is 4.99. The van der Waals surface area contributed by atoms with E-state index in [4.69, 9.17) is 0 Å². The van der Waals surface area contributed by atoms with Gasteiger partial charge in [-0.3, -0.25) is 4.79 Å². The first-order valence-electron chi connectivity index (χ1n) is 7.59. The molecule has 0 unspecified atom stereocenters. The molecule has 20 heavy (non-hydrogen) atoms. The molecule has 0 spiro atoms. The zero-order valence-corrected chi connectivity index (χ0v) is 12.7. The molecule has 2 atom stereocenters. The number of aromatic nitrogens is 1. The first-order chi connectivity index (χ1) is 9.61. The lowest BCUT2D eigenvalue weighted by molar-refractivity contribution is -0.135. The second-order valence-corrected chi connectivity index (χ2v) is 5.68. The number of nitrogens with one attached hydrogen (secondary N) is 1. The number of nitrogens with zero attached hydrogens (tertiary/aromatic N) is 2. The van der Waals surface area contributed by atoms with Gasteiger partial charge in [0.1, 0.15) is 5.82 Å². The predicted octanol–water partition coefficient (Wildman–Crippen LogP) is 2.84. The normalized spacial score (nSPS) is 19.9. The molecule has 1 amide bonds. The molecule has 1 saturated heterocycles. The third-order valence-corrected chi connectivity index (χ3v) is 4.10. The SMILES string of the molecule is CC[C@H](C)C(=O)N1CCC[C@@H]1CNc1cccc(C)n1. The van der Waals surface area contributed by atoms with Crippen molar-refractivity contribution >= 4 is 11.7 Å². The van der Waals surface area contributed by atoms with E-state index < -0.39 is 0 Å². The van der Waals surface area contributed by atoms with E-state index in [1.54, 1.807) is 0 Å². The number of anilines is 1. The van der Waals surface area contributed by atoms with Crippen LogP contribution in [0.3, 0.4) is 0 Å². The van der Waals surface area contributed by atoms with Crippen molar-refractivity contribution in [2.75, 3.05) is 18.4 Å². The van der Waals surface area contributed by atoms with E-state index in [0.717, 1.165) is 43.9 Å². The Labute approximate surface area is 121 Å². The molecule has 110 valence electrons. The highest BCUT2D eigenvalue weighted by Crippen LogP contribution is 2.21. The summed E-state index contributed by atoms with van der Waals surface area (Å²) in [6.07, 6.45) is 3.10. The summed E-state index contributed by atoms with van der Waals surface area (Å²) < 4.78 is 0. The van der Waals surface area contributed by atoms with E-state index in [1.165, 1.54) is 0 Å². The number of likely N-dealkylation sites (tertiary alicyclic amines) is 1. The summed E-state index contributed by atoms with van der Waals surface area (Å²) in [4.78, 5) is 18.8. The van der Waals surface area contributed by atoms with Gasteiger partial charge in [0, 0.05) is 30.7 Å². The van der Waals surface area contributed by atoms with Gasteiger partial charge in [0.05, 0.1) is 0 Å². The van der Waals surface area contributed by atoms with E-state index in [9.17, 15) is 4.79 Å². The summed E-state index contributed by atoms with van der Waals surface area (Å²) in [6.45, 7) is 7.77. The molecule has 0 bridgehead atoms. The summed E-state index contributed by atoms with van der Waals surface area (Å²) in [6, 6.07) is 6.27. The van der Waals surface area contributed by atoms with Crippen molar-refractivity contribution in [3.63, 3.8) is 0 Å². The Bertz CT molecular complexity index is 461. The molecule has 0 saturated carbocycles. The molecular weight excluding hydrogens is 250 g/mol. The van der Waals surface area contributed by atoms with E-state index in [2.05, 4.69) is 22.1 Å². The molecule has 0 radical (unpaired) electrons. The van der Waals surface area contributed by atoms with Gasteiger partial charge in [-0.1, -0.05) is 19.9 Å². The molecule has 1 aliphatic heterocycles. The van der Waals surface area contributed by atoms with Gasteiger partial charge >= 0.3 is 0 Å². The van der Waals surface area contributed by atoms with Crippen LogP contribution in [0.4, 0.5) is 5.82 Å². The van der Waals surface area contributed by atoms with Crippen LogP contribution >= 0.6 is 0 Å². The molecule has 1 aromatic heterocycles. The molecule has 1 aliphatic rings. The van der Waals surface area contributed by atoms with Crippen LogP contribution < -0.4 is 5.32 Å². The summed E-state index contributed by atoms with van der Waals surface area (Å²) in [5, 5.41) is 3.36. The summed E-state index contributed by atoms with van der Waals surface area (Å²) >= 11 is 0. The predicted molar refractivity (Wildman–Crippen MR) is 81.7 cm³/mol. The number of amides is 1. The highest BCUT2D eigenvalue weighted by molar-refractivity contribution is 5.79. The zero-order chi connectivity index (χ0) is 14.5. The van der Waals surface area contributed by atoms with Crippen LogP contribution in [-0.2, 0) is 4.79 Å². The average molecular weight is 275 g/mol. The van der Waals surface area contributed by atoms with Crippen LogP contribution in [0.15, 0.2) is 18.2 Å². The van der Waals surface area contributed by atoms with Gasteiger partial charge in [0.2, 0.25) is 5.91 Å². The van der Waals surface area contributed by atoms with Crippen molar-refractivity contribution in [1.29, 1.82) is 0 Å². The number of carbonyl (C=O) groups excluding carboxylic acids is 1. The lowest BCUT2D eigenvalue weighted by atomic mass is 10.1. The largest absolute Gasteiger partial charge is 0.368 e. The van der Waals surface area contributed by atoms with Crippen LogP contribution in [0.2, 0.25) is 0 Å². The summed E-state index contributed by atoms with van der Waals surface area (Å²) in [5.41, 5.74) is 1.01. The molecule has 4 nitrogen and oxygen atoms in total. The van der Waals surface area contributed by atoms with Gasteiger partial charge < -0.3 is 10.2 Å². The number of rotatable bonds is 5. The van der Waals surface area contributed by atoms with Gasteiger partial charge in [-0.05, 0) is 38.3 Å². The number of carbonyl (C=O) groups is 1. The maximum atomic E-state index is 12.3. The van der Waals surface area contributed by atoms with Gasteiger partial charge in [-0.25, -0.2) is 4.98 Å². The number of aryl methyl sites for hydroxylation is 1. The van der Waals surface area contributed by atoms with Crippen molar-refractivity contribution in [3.8, 4) is 0 Å². The van der Waals surface area contributed by atoms with E-state index >= 15 is 0 Å². The Morgan fingerprint density at radius 1 is 1.55 bits per heavy atom. The number of hydrogen-bond acceptors (Lipinski definition) is 3. The molecule has 4 heteroatoms. The highest BCUT2D eigenvalue weighted by Gasteiger charge is 2.30. The molecule has 0 aromatic carbocycles. The average Bonchev–Trinajstić information content (AvgIpc) is 2.92. The number of pyridine rings is 1. The Balaban J connectivity index is 1.93. The van der Waals surface area contributed by atoms with Gasteiger partial charge in [-0.2, -0.15) is 0 Å². The van der Waals surface area contributed by atoms with Crippen molar-refractivity contribution in [1.82, 2.24) is 9.88 Å². The molecule has 2 heterocycles. The fourth-order valence-electron chi connectivity index (χ4n) is 2.66. The highest BCUT2D eigenvalue weighted by atomic mass is 16.2. The molecule has 1 fully saturated rings. The summed E-state index contributed by atoms with van der Waals surface area (Å²) in [5.74, 6) is 1.33. The molecule has 1 N–H and O–H groups in total. The molecule has 1 aromatic rings. The lowest BCUT2D eigenvalue weighted by Crippen LogP contribution is -2.42. The minimum absolute atomic E-state index is 0.132.